The van der Waals surface area contributed by atoms with Crippen LogP contribution >= 0.6 is 0 Å². The van der Waals surface area contributed by atoms with Gasteiger partial charge in [-0.3, -0.25) is 10.1 Å². The van der Waals surface area contributed by atoms with E-state index in [1.54, 1.807) is 12.4 Å². The van der Waals surface area contributed by atoms with E-state index in [9.17, 15) is 0 Å². The molecule has 1 N–H and O–H groups in total. The van der Waals surface area contributed by atoms with Crippen LogP contribution in [0.1, 0.15) is 6.92 Å². The third kappa shape index (κ3) is 1.53. The molecule has 3 rings (SSSR count). The molecule has 0 spiro atoms. The molecule has 0 unspecified atom stereocenters. The second kappa shape index (κ2) is 3.75. The number of morpholine rings is 1. The van der Waals surface area contributed by atoms with Crippen LogP contribution < -0.4 is 4.90 Å². The van der Waals surface area contributed by atoms with Gasteiger partial charge in [-0.2, -0.15) is 5.10 Å². The second-order valence-electron chi connectivity index (χ2n) is 4.10. The molecule has 84 valence electrons. The maximum absolute atomic E-state index is 5.53. The predicted octanol–water partition coefficient (Wildman–Crippen LogP) is 1.18. The summed E-state index contributed by atoms with van der Waals surface area (Å²) in [5.41, 5.74) is 0.983. The summed E-state index contributed by atoms with van der Waals surface area (Å²) in [4.78, 5) is 6.33. The van der Waals surface area contributed by atoms with Crippen molar-refractivity contribution in [1.82, 2.24) is 15.2 Å². The van der Waals surface area contributed by atoms with Crippen molar-refractivity contribution in [2.24, 2.45) is 0 Å². The van der Waals surface area contributed by atoms with Gasteiger partial charge in [0.05, 0.1) is 24.4 Å². The van der Waals surface area contributed by atoms with Crippen LogP contribution in [-0.4, -0.2) is 41.0 Å². The minimum absolute atomic E-state index is 0.266. The predicted molar refractivity (Wildman–Crippen MR) is 61.5 cm³/mol. The molecule has 1 saturated heterocycles. The first-order valence-electron chi connectivity index (χ1n) is 5.49. The van der Waals surface area contributed by atoms with Gasteiger partial charge in [0.15, 0.2) is 5.82 Å². The van der Waals surface area contributed by atoms with Crippen molar-refractivity contribution >= 4 is 16.7 Å². The molecule has 1 fully saturated rings. The largest absolute Gasteiger partial charge is 0.375 e. The van der Waals surface area contributed by atoms with E-state index in [2.05, 4.69) is 27.0 Å². The molecule has 5 heteroatoms. The maximum atomic E-state index is 5.53. The van der Waals surface area contributed by atoms with Crippen molar-refractivity contribution in [3.05, 3.63) is 18.5 Å². The van der Waals surface area contributed by atoms with Gasteiger partial charge in [0.25, 0.3) is 0 Å². The Morgan fingerprint density at radius 2 is 2.50 bits per heavy atom. The highest BCUT2D eigenvalue weighted by molar-refractivity contribution is 5.89. The molecular weight excluding hydrogens is 204 g/mol. The monoisotopic (exact) mass is 218 g/mol. The van der Waals surface area contributed by atoms with Gasteiger partial charge >= 0.3 is 0 Å². The van der Waals surface area contributed by atoms with Crippen LogP contribution in [-0.2, 0) is 4.74 Å². The fourth-order valence-corrected chi connectivity index (χ4v) is 2.10. The minimum Gasteiger partial charge on any atom is -0.375 e. The van der Waals surface area contributed by atoms with E-state index in [4.69, 9.17) is 4.74 Å². The van der Waals surface area contributed by atoms with E-state index in [1.807, 2.05) is 6.07 Å². The average molecular weight is 218 g/mol. The summed E-state index contributed by atoms with van der Waals surface area (Å²) < 4.78 is 5.53. The van der Waals surface area contributed by atoms with Crippen LogP contribution in [0.5, 0.6) is 0 Å². The Labute approximate surface area is 93.4 Å². The number of pyridine rings is 1. The lowest BCUT2D eigenvalue weighted by atomic mass is 10.2. The zero-order valence-corrected chi connectivity index (χ0v) is 9.18. The first-order valence-corrected chi connectivity index (χ1v) is 5.49. The molecule has 5 nitrogen and oxygen atoms in total. The average Bonchev–Trinajstić information content (AvgIpc) is 2.72. The summed E-state index contributed by atoms with van der Waals surface area (Å²) in [5, 5.41) is 8.49. The smallest absolute Gasteiger partial charge is 0.158 e. The van der Waals surface area contributed by atoms with Gasteiger partial charge in [-0.1, -0.05) is 0 Å². The third-order valence-electron chi connectivity index (χ3n) is 2.88. The van der Waals surface area contributed by atoms with Crippen LogP contribution in [0.3, 0.4) is 0 Å². The van der Waals surface area contributed by atoms with E-state index < -0.39 is 0 Å². The number of anilines is 1. The molecule has 3 heterocycles. The summed E-state index contributed by atoms with van der Waals surface area (Å²) in [6, 6.07) is 1.99. The second-order valence-corrected chi connectivity index (χ2v) is 4.10. The zero-order valence-electron chi connectivity index (χ0n) is 9.18. The molecule has 0 radical (unpaired) electrons. The summed E-state index contributed by atoms with van der Waals surface area (Å²) in [7, 11) is 0. The number of hydrogen-bond acceptors (Lipinski definition) is 4. The summed E-state index contributed by atoms with van der Waals surface area (Å²) in [5.74, 6) is 1.01. The summed E-state index contributed by atoms with van der Waals surface area (Å²) in [6.45, 7) is 4.64. The van der Waals surface area contributed by atoms with Gasteiger partial charge in [0, 0.05) is 24.7 Å². The number of aromatic amines is 1. The normalized spacial score (nSPS) is 21.6. The molecular formula is C11H14N4O. The van der Waals surface area contributed by atoms with Crippen molar-refractivity contribution in [1.29, 1.82) is 0 Å². The Morgan fingerprint density at radius 3 is 3.38 bits per heavy atom. The molecule has 1 atom stereocenters. The van der Waals surface area contributed by atoms with Crippen molar-refractivity contribution in [2.45, 2.75) is 13.0 Å². The number of rotatable bonds is 1. The molecule has 2 aromatic heterocycles. The number of fused-ring (bicyclic) bond motifs is 1. The quantitative estimate of drug-likeness (QED) is 0.781. The third-order valence-corrected chi connectivity index (χ3v) is 2.88. The molecule has 1 aliphatic rings. The SMILES string of the molecule is C[C@H]1CN(c2n[nH]c3cnccc23)CCO1. The van der Waals surface area contributed by atoms with Crippen molar-refractivity contribution in [3.63, 3.8) is 0 Å². The number of H-pyrrole nitrogens is 1. The van der Waals surface area contributed by atoms with Crippen LogP contribution in [0.15, 0.2) is 18.5 Å². The van der Waals surface area contributed by atoms with Gasteiger partial charge in [-0.25, -0.2) is 0 Å². The van der Waals surface area contributed by atoms with E-state index in [0.29, 0.717) is 0 Å². The molecule has 0 amide bonds. The number of nitrogens with zero attached hydrogens (tertiary/aromatic N) is 3. The van der Waals surface area contributed by atoms with E-state index in [1.165, 1.54) is 0 Å². The molecule has 0 aromatic carbocycles. The number of nitrogens with one attached hydrogen (secondary N) is 1. The summed E-state index contributed by atoms with van der Waals surface area (Å²) in [6.07, 6.45) is 3.86. The van der Waals surface area contributed by atoms with Crippen molar-refractivity contribution in [3.8, 4) is 0 Å². The lowest BCUT2D eigenvalue weighted by Crippen LogP contribution is -2.41. The molecule has 0 bridgehead atoms. The lowest BCUT2D eigenvalue weighted by Gasteiger charge is -2.31. The molecule has 1 aliphatic heterocycles. The molecule has 16 heavy (non-hydrogen) atoms. The fourth-order valence-electron chi connectivity index (χ4n) is 2.10. The first kappa shape index (κ1) is 9.59. The van der Waals surface area contributed by atoms with Crippen molar-refractivity contribution in [2.75, 3.05) is 24.6 Å². The van der Waals surface area contributed by atoms with Gasteiger partial charge in [-0.05, 0) is 13.0 Å². The van der Waals surface area contributed by atoms with Gasteiger partial charge in [0.1, 0.15) is 0 Å². The number of aromatic nitrogens is 3. The van der Waals surface area contributed by atoms with Crippen LogP contribution in [0.2, 0.25) is 0 Å². The first-order chi connectivity index (χ1) is 7.84. The van der Waals surface area contributed by atoms with Crippen LogP contribution in [0, 0.1) is 0 Å². The fraction of sp³-hybridized carbons (Fsp3) is 0.455. The highest BCUT2D eigenvalue weighted by atomic mass is 16.5. The standard InChI is InChI=1S/C11H14N4O/c1-8-7-15(4-5-16-8)11-9-2-3-12-6-10(9)13-14-11/h2-3,6,8H,4-5,7H2,1H3,(H,13,14)/t8-/m0/s1. The Balaban J connectivity index is 1.99. The van der Waals surface area contributed by atoms with E-state index in [-0.39, 0.29) is 6.10 Å². The Hall–Kier alpha value is -1.62. The van der Waals surface area contributed by atoms with E-state index in [0.717, 1.165) is 36.4 Å². The molecule has 0 saturated carbocycles. The number of ether oxygens (including phenoxy) is 1. The maximum Gasteiger partial charge on any atom is 0.158 e. The topological polar surface area (TPSA) is 54.0 Å². The van der Waals surface area contributed by atoms with Crippen LogP contribution in [0.25, 0.3) is 10.9 Å². The minimum atomic E-state index is 0.266. The number of hydrogen-bond donors (Lipinski definition) is 1. The van der Waals surface area contributed by atoms with Crippen molar-refractivity contribution < 1.29 is 4.74 Å². The highest BCUT2D eigenvalue weighted by Crippen LogP contribution is 2.24. The van der Waals surface area contributed by atoms with Gasteiger partial charge in [0.2, 0.25) is 0 Å². The van der Waals surface area contributed by atoms with E-state index >= 15 is 0 Å². The Morgan fingerprint density at radius 1 is 1.56 bits per heavy atom. The lowest BCUT2D eigenvalue weighted by molar-refractivity contribution is 0.0530. The van der Waals surface area contributed by atoms with Gasteiger partial charge in [-0.15, -0.1) is 0 Å². The molecule has 0 aliphatic carbocycles. The Bertz CT molecular complexity index is 495. The zero-order chi connectivity index (χ0) is 11.0. The van der Waals surface area contributed by atoms with Gasteiger partial charge < -0.3 is 9.64 Å². The van der Waals surface area contributed by atoms with Crippen LogP contribution in [0.4, 0.5) is 5.82 Å². The summed E-state index contributed by atoms with van der Waals surface area (Å²) >= 11 is 0. The molecule has 2 aromatic rings. The Kier molecular flexibility index (Phi) is 2.25. The highest BCUT2D eigenvalue weighted by Gasteiger charge is 2.20.